The first kappa shape index (κ1) is 24.3. The average molecular weight is 507 g/mol. The highest BCUT2D eigenvalue weighted by Gasteiger charge is 2.34. The van der Waals surface area contributed by atoms with Crippen LogP contribution in [0.1, 0.15) is 23.6 Å². The lowest BCUT2D eigenvalue weighted by Crippen LogP contribution is -2.49. The van der Waals surface area contributed by atoms with E-state index < -0.39 is 0 Å². The Labute approximate surface area is 215 Å². The molecule has 0 N–H and O–H groups in total. The number of carbonyl (C=O) groups excluding carboxylic acids is 1. The van der Waals surface area contributed by atoms with Crippen LogP contribution in [0.5, 0.6) is 5.75 Å². The lowest BCUT2D eigenvalue weighted by Gasteiger charge is -2.36. The maximum absolute atomic E-state index is 14.2. The molecule has 0 saturated carbocycles. The van der Waals surface area contributed by atoms with Gasteiger partial charge in [-0.25, -0.2) is 9.40 Å². The van der Waals surface area contributed by atoms with E-state index in [-0.39, 0.29) is 24.3 Å². The normalized spacial score (nSPS) is 18.3. The van der Waals surface area contributed by atoms with Crippen LogP contribution in [0.15, 0.2) is 77.9 Å². The number of carbonyl (C=O) groups is 1. The highest BCUT2D eigenvalue weighted by atomic mass is 35.5. The number of ether oxygens (including phenoxy) is 1. The van der Waals surface area contributed by atoms with Crippen LogP contribution < -0.4 is 9.64 Å². The minimum atomic E-state index is -0.227. The van der Waals surface area contributed by atoms with E-state index in [1.54, 1.807) is 24.3 Å². The van der Waals surface area contributed by atoms with E-state index in [0.29, 0.717) is 43.3 Å². The van der Waals surface area contributed by atoms with Crippen molar-refractivity contribution in [1.29, 1.82) is 0 Å². The average Bonchev–Trinajstić information content (AvgIpc) is 3.35. The van der Waals surface area contributed by atoms with E-state index in [0.717, 1.165) is 22.6 Å². The molecule has 1 atom stereocenters. The number of hydrogen-bond donors (Lipinski definition) is 0. The topological polar surface area (TPSA) is 48.4 Å². The molecular formula is C28H28ClFN4O2. The Kier molecular flexibility index (Phi) is 7.20. The molecule has 1 saturated heterocycles. The monoisotopic (exact) mass is 506 g/mol. The number of piperazine rings is 1. The minimum Gasteiger partial charge on any atom is -0.497 e. The Morgan fingerprint density at radius 3 is 2.39 bits per heavy atom. The summed E-state index contributed by atoms with van der Waals surface area (Å²) in [6, 6.07) is 21.9. The van der Waals surface area contributed by atoms with Crippen molar-refractivity contribution < 1.29 is 13.9 Å². The zero-order valence-electron chi connectivity index (χ0n) is 20.1. The Morgan fingerprint density at radius 2 is 1.69 bits per heavy atom. The maximum atomic E-state index is 14.2. The molecule has 1 unspecified atom stereocenters. The molecule has 3 aromatic rings. The van der Waals surface area contributed by atoms with Gasteiger partial charge in [0.25, 0.3) is 5.91 Å². The number of hydrazone groups is 1. The highest BCUT2D eigenvalue weighted by Crippen LogP contribution is 2.35. The number of amides is 1. The van der Waals surface area contributed by atoms with Crippen molar-refractivity contribution in [1.82, 2.24) is 9.91 Å². The van der Waals surface area contributed by atoms with Gasteiger partial charge < -0.3 is 9.64 Å². The third-order valence-corrected chi connectivity index (χ3v) is 7.11. The second kappa shape index (κ2) is 10.7. The second-order valence-corrected chi connectivity index (χ2v) is 9.38. The van der Waals surface area contributed by atoms with Crippen LogP contribution in [0.4, 0.5) is 10.1 Å². The molecule has 5 rings (SSSR count). The number of nitrogens with zero attached hydrogens (tertiary/aromatic N) is 4. The number of benzene rings is 3. The maximum Gasteiger partial charge on any atom is 0.257 e. The zero-order chi connectivity index (χ0) is 25.1. The van der Waals surface area contributed by atoms with Gasteiger partial charge in [-0.05, 0) is 35.9 Å². The van der Waals surface area contributed by atoms with Gasteiger partial charge in [0.1, 0.15) is 11.6 Å². The van der Waals surface area contributed by atoms with Crippen LogP contribution in [0.25, 0.3) is 0 Å². The molecule has 0 radical (unpaired) electrons. The molecule has 36 heavy (non-hydrogen) atoms. The van der Waals surface area contributed by atoms with Crippen molar-refractivity contribution in [2.24, 2.45) is 5.10 Å². The number of rotatable bonds is 6. The summed E-state index contributed by atoms with van der Waals surface area (Å²) in [5.74, 6) is 0.467. The molecule has 6 nitrogen and oxygen atoms in total. The Balaban J connectivity index is 1.32. The number of hydrogen-bond acceptors (Lipinski definition) is 5. The van der Waals surface area contributed by atoms with E-state index in [1.807, 2.05) is 59.5 Å². The van der Waals surface area contributed by atoms with E-state index in [4.69, 9.17) is 21.4 Å². The molecule has 1 fully saturated rings. The summed E-state index contributed by atoms with van der Waals surface area (Å²) < 4.78 is 19.5. The summed E-state index contributed by atoms with van der Waals surface area (Å²) in [5, 5.41) is 6.97. The van der Waals surface area contributed by atoms with Gasteiger partial charge in [0.2, 0.25) is 0 Å². The fourth-order valence-corrected chi connectivity index (χ4v) is 5.05. The van der Waals surface area contributed by atoms with E-state index in [2.05, 4.69) is 4.90 Å². The molecule has 3 aromatic carbocycles. The number of methoxy groups -OCH3 is 1. The summed E-state index contributed by atoms with van der Waals surface area (Å²) in [6.07, 6.45) is 0.572. The molecule has 186 valence electrons. The molecule has 2 heterocycles. The van der Waals surface area contributed by atoms with Gasteiger partial charge in [-0.1, -0.05) is 54.1 Å². The summed E-state index contributed by atoms with van der Waals surface area (Å²) >= 11 is 6.46. The Hall–Kier alpha value is -3.42. The minimum absolute atomic E-state index is 0.0720. The molecule has 8 heteroatoms. The van der Waals surface area contributed by atoms with Crippen molar-refractivity contribution >= 4 is 28.9 Å². The van der Waals surface area contributed by atoms with Crippen LogP contribution in [0, 0.1) is 5.82 Å². The van der Waals surface area contributed by atoms with Gasteiger partial charge in [0.15, 0.2) is 0 Å². The predicted molar refractivity (Wildman–Crippen MR) is 140 cm³/mol. The fraction of sp³-hybridized carbons (Fsp3) is 0.286. The molecular weight excluding hydrogens is 479 g/mol. The number of anilines is 1. The molecule has 2 aliphatic heterocycles. The summed E-state index contributed by atoms with van der Waals surface area (Å²) in [5.41, 5.74) is 3.22. The molecule has 0 aromatic heterocycles. The molecule has 0 aliphatic carbocycles. The van der Waals surface area contributed by atoms with Gasteiger partial charge in [0, 0.05) is 43.2 Å². The van der Waals surface area contributed by atoms with Crippen molar-refractivity contribution in [3.8, 4) is 5.75 Å². The zero-order valence-corrected chi connectivity index (χ0v) is 20.9. The standard InChI is InChI=1S/C28H28ClFN4O2/c1-36-21-12-10-20(11-13-21)27-18-25(22-6-2-3-7-23(22)29)31-34(27)28(35)19-32-14-16-33(17-15-32)26-9-5-4-8-24(26)30/h2-13,27H,14-19H2,1H3. The van der Waals surface area contributed by atoms with Gasteiger partial charge in [-0.3, -0.25) is 9.69 Å². The summed E-state index contributed by atoms with van der Waals surface area (Å²) in [6.45, 7) is 2.90. The second-order valence-electron chi connectivity index (χ2n) is 8.97. The van der Waals surface area contributed by atoms with Crippen LogP contribution in [-0.4, -0.2) is 61.4 Å². The Morgan fingerprint density at radius 1 is 1.00 bits per heavy atom. The smallest absolute Gasteiger partial charge is 0.257 e. The molecule has 1 amide bonds. The van der Waals surface area contributed by atoms with Gasteiger partial charge in [0.05, 0.1) is 31.1 Å². The molecule has 0 bridgehead atoms. The molecule has 2 aliphatic rings. The first-order chi connectivity index (χ1) is 17.5. The van der Waals surface area contributed by atoms with Crippen LogP contribution >= 0.6 is 11.6 Å². The van der Waals surface area contributed by atoms with E-state index in [9.17, 15) is 9.18 Å². The summed E-state index contributed by atoms with van der Waals surface area (Å²) in [7, 11) is 1.63. The first-order valence-corrected chi connectivity index (χ1v) is 12.4. The van der Waals surface area contributed by atoms with Crippen LogP contribution in [0.2, 0.25) is 5.02 Å². The lowest BCUT2D eigenvalue weighted by molar-refractivity contribution is -0.134. The number of halogens is 2. The van der Waals surface area contributed by atoms with Crippen molar-refractivity contribution in [2.45, 2.75) is 12.5 Å². The molecule has 0 spiro atoms. The van der Waals surface area contributed by atoms with Crippen LogP contribution in [-0.2, 0) is 4.79 Å². The fourth-order valence-electron chi connectivity index (χ4n) is 4.80. The van der Waals surface area contributed by atoms with E-state index >= 15 is 0 Å². The number of para-hydroxylation sites is 1. The van der Waals surface area contributed by atoms with Gasteiger partial charge in [-0.15, -0.1) is 0 Å². The van der Waals surface area contributed by atoms with E-state index in [1.165, 1.54) is 6.07 Å². The van der Waals surface area contributed by atoms with Gasteiger partial charge >= 0.3 is 0 Å². The van der Waals surface area contributed by atoms with Crippen molar-refractivity contribution in [2.75, 3.05) is 44.7 Å². The third kappa shape index (κ3) is 5.08. The summed E-state index contributed by atoms with van der Waals surface area (Å²) in [4.78, 5) is 17.7. The third-order valence-electron chi connectivity index (χ3n) is 6.78. The van der Waals surface area contributed by atoms with Crippen molar-refractivity contribution in [3.05, 3.63) is 94.8 Å². The van der Waals surface area contributed by atoms with Crippen LogP contribution in [0.3, 0.4) is 0 Å². The van der Waals surface area contributed by atoms with Gasteiger partial charge in [-0.2, -0.15) is 5.10 Å². The quantitative estimate of drug-likeness (QED) is 0.473. The largest absolute Gasteiger partial charge is 0.497 e. The lowest BCUT2D eigenvalue weighted by atomic mass is 9.98. The van der Waals surface area contributed by atoms with Crippen molar-refractivity contribution in [3.63, 3.8) is 0 Å². The predicted octanol–water partition coefficient (Wildman–Crippen LogP) is 4.99. The SMILES string of the molecule is COc1ccc(C2CC(c3ccccc3Cl)=NN2C(=O)CN2CCN(c3ccccc3F)CC2)cc1. The Bertz CT molecular complexity index is 1260. The highest BCUT2D eigenvalue weighted by molar-refractivity contribution is 6.34. The first-order valence-electron chi connectivity index (χ1n) is 12.0.